The third-order valence-corrected chi connectivity index (χ3v) is 3.18. The van der Waals surface area contributed by atoms with Gasteiger partial charge in [0.25, 0.3) is 5.91 Å². The SMILES string of the molecule is CCCn1cccc1C(=O)N(CCOC)CCC(=O)OC. The highest BCUT2D eigenvalue weighted by atomic mass is 16.5. The van der Waals surface area contributed by atoms with Gasteiger partial charge in [0.1, 0.15) is 5.69 Å². The molecule has 21 heavy (non-hydrogen) atoms. The van der Waals surface area contributed by atoms with Crippen LogP contribution in [-0.4, -0.2) is 55.3 Å². The predicted molar refractivity (Wildman–Crippen MR) is 79.1 cm³/mol. The number of nitrogens with zero attached hydrogens (tertiary/aromatic N) is 2. The molecule has 6 heteroatoms. The third kappa shape index (κ3) is 5.23. The molecule has 0 atom stereocenters. The Morgan fingerprint density at radius 2 is 2.05 bits per heavy atom. The van der Waals surface area contributed by atoms with E-state index in [2.05, 4.69) is 11.7 Å². The Morgan fingerprint density at radius 1 is 1.29 bits per heavy atom. The van der Waals surface area contributed by atoms with Crippen molar-refractivity contribution in [1.29, 1.82) is 0 Å². The van der Waals surface area contributed by atoms with Crippen LogP contribution in [0.2, 0.25) is 0 Å². The third-order valence-electron chi connectivity index (χ3n) is 3.18. The molecule has 6 nitrogen and oxygen atoms in total. The van der Waals surface area contributed by atoms with Crippen molar-refractivity contribution in [2.24, 2.45) is 0 Å². The smallest absolute Gasteiger partial charge is 0.307 e. The molecule has 0 fully saturated rings. The number of ether oxygens (including phenoxy) is 2. The van der Waals surface area contributed by atoms with Gasteiger partial charge in [-0.15, -0.1) is 0 Å². The van der Waals surface area contributed by atoms with Crippen LogP contribution >= 0.6 is 0 Å². The van der Waals surface area contributed by atoms with Gasteiger partial charge in [0.2, 0.25) is 0 Å². The summed E-state index contributed by atoms with van der Waals surface area (Å²) in [6, 6.07) is 3.66. The van der Waals surface area contributed by atoms with Crippen LogP contribution < -0.4 is 0 Å². The van der Waals surface area contributed by atoms with Crippen molar-refractivity contribution in [2.45, 2.75) is 26.3 Å². The van der Waals surface area contributed by atoms with E-state index in [1.807, 2.05) is 16.8 Å². The fourth-order valence-corrected chi connectivity index (χ4v) is 2.05. The number of esters is 1. The summed E-state index contributed by atoms with van der Waals surface area (Å²) in [4.78, 5) is 25.5. The number of rotatable bonds is 9. The van der Waals surface area contributed by atoms with Crippen LogP contribution in [0.25, 0.3) is 0 Å². The van der Waals surface area contributed by atoms with Gasteiger partial charge >= 0.3 is 5.97 Å². The molecule has 0 saturated heterocycles. The van der Waals surface area contributed by atoms with Gasteiger partial charge in [-0.05, 0) is 18.6 Å². The maximum absolute atomic E-state index is 12.6. The molecule has 1 heterocycles. The maximum Gasteiger partial charge on any atom is 0.307 e. The van der Waals surface area contributed by atoms with Crippen LogP contribution in [0.5, 0.6) is 0 Å². The first-order valence-corrected chi connectivity index (χ1v) is 7.14. The summed E-state index contributed by atoms with van der Waals surface area (Å²) in [7, 11) is 2.93. The van der Waals surface area contributed by atoms with Crippen molar-refractivity contribution in [3.63, 3.8) is 0 Å². The molecule has 0 unspecified atom stereocenters. The molecule has 1 rings (SSSR count). The summed E-state index contributed by atoms with van der Waals surface area (Å²) < 4.78 is 11.6. The van der Waals surface area contributed by atoms with E-state index in [1.54, 1.807) is 18.1 Å². The molecule has 0 radical (unpaired) electrons. The molecule has 0 aromatic carbocycles. The topological polar surface area (TPSA) is 60.8 Å². The molecular weight excluding hydrogens is 272 g/mol. The molecule has 118 valence electrons. The van der Waals surface area contributed by atoms with Crippen molar-refractivity contribution in [3.8, 4) is 0 Å². The highest BCUT2D eigenvalue weighted by Crippen LogP contribution is 2.09. The highest BCUT2D eigenvalue weighted by molar-refractivity contribution is 5.93. The minimum Gasteiger partial charge on any atom is -0.469 e. The van der Waals surface area contributed by atoms with Crippen molar-refractivity contribution in [3.05, 3.63) is 24.0 Å². The van der Waals surface area contributed by atoms with Gasteiger partial charge in [0, 0.05) is 32.9 Å². The molecule has 0 aliphatic heterocycles. The van der Waals surface area contributed by atoms with Gasteiger partial charge in [-0.25, -0.2) is 0 Å². The van der Waals surface area contributed by atoms with Crippen molar-refractivity contribution in [1.82, 2.24) is 9.47 Å². The standard InChI is InChI=1S/C15H24N2O4/c1-4-8-16-9-5-6-13(16)15(19)17(11-12-20-2)10-7-14(18)21-3/h5-6,9H,4,7-8,10-12H2,1-3H3. The van der Waals surface area contributed by atoms with Gasteiger partial charge in [-0.2, -0.15) is 0 Å². The molecular formula is C15H24N2O4. The summed E-state index contributed by atoms with van der Waals surface area (Å²) in [6.07, 6.45) is 3.03. The van der Waals surface area contributed by atoms with Crippen LogP contribution in [0, 0.1) is 0 Å². The predicted octanol–water partition coefficient (Wildman–Crippen LogP) is 1.55. The number of amides is 1. The molecule has 1 aromatic rings. The minimum atomic E-state index is -0.325. The van der Waals surface area contributed by atoms with E-state index in [9.17, 15) is 9.59 Å². The summed E-state index contributed by atoms with van der Waals surface area (Å²) in [6.45, 7) is 4.06. The number of aryl methyl sites for hydroxylation is 1. The second kappa shape index (κ2) is 9.18. The quantitative estimate of drug-likeness (QED) is 0.649. The van der Waals surface area contributed by atoms with Crippen LogP contribution in [0.4, 0.5) is 0 Å². The molecule has 0 aliphatic rings. The maximum atomic E-state index is 12.6. The first kappa shape index (κ1) is 17.2. The van der Waals surface area contributed by atoms with E-state index in [0.29, 0.717) is 25.4 Å². The van der Waals surface area contributed by atoms with Crippen molar-refractivity contribution >= 4 is 11.9 Å². The Kier molecular flexibility index (Phi) is 7.53. The lowest BCUT2D eigenvalue weighted by molar-refractivity contribution is -0.140. The molecule has 1 amide bonds. The molecule has 1 aromatic heterocycles. The zero-order valence-electron chi connectivity index (χ0n) is 13.0. The summed E-state index contributed by atoms with van der Waals surface area (Å²) >= 11 is 0. The van der Waals surface area contributed by atoms with Gasteiger partial charge < -0.3 is 18.9 Å². The zero-order valence-corrected chi connectivity index (χ0v) is 13.0. The highest BCUT2D eigenvalue weighted by Gasteiger charge is 2.19. The second-order valence-electron chi connectivity index (χ2n) is 4.70. The van der Waals surface area contributed by atoms with E-state index in [-0.39, 0.29) is 18.3 Å². The van der Waals surface area contributed by atoms with Gasteiger partial charge in [0.05, 0.1) is 20.1 Å². The fourth-order valence-electron chi connectivity index (χ4n) is 2.05. The van der Waals surface area contributed by atoms with Crippen LogP contribution in [0.3, 0.4) is 0 Å². The Hall–Kier alpha value is -1.82. The molecule has 0 N–H and O–H groups in total. The average molecular weight is 296 g/mol. The summed E-state index contributed by atoms with van der Waals surface area (Å²) in [5.41, 5.74) is 0.637. The number of hydrogen-bond donors (Lipinski definition) is 0. The van der Waals surface area contributed by atoms with E-state index in [1.165, 1.54) is 7.11 Å². The van der Waals surface area contributed by atoms with Gasteiger partial charge in [0.15, 0.2) is 0 Å². The average Bonchev–Trinajstić information content (AvgIpc) is 2.95. The Labute approximate surface area is 125 Å². The lowest BCUT2D eigenvalue weighted by Gasteiger charge is -2.22. The minimum absolute atomic E-state index is 0.0885. The summed E-state index contributed by atoms with van der Waals surface area (Å²) in [5.74, 6) is -0.413. The fraction of sp³-hybridized carbons (Fsp3) is 0.600. The van der Waals surface area contributed by atoms with Crippen LogP contribution in [0.15, 0.2) is 18.3 Å². The molecule has 0 aliphatic carbocycles. The van der Waals surface area contributed by atoms with Crippen molar-refractivity contribution < 1.29 is 19.1 Å². The number of carbonyl (C=O) groups excluding carboxylic acids is 2. The van der Waals surface area contributed by atoms with E-state index in [4.69, 9.17) is 4.74 Å². The Balaban J connectivity index is 2.77. The molecule has 0 saturated carbocycles. The number of hydrogen-bond acceptors (Lipinski definition) is 4. The lowest BCUT2D eigenvalue weighted by atomic mass is 10.3. The Morgan fingerprint density at radius 3 is 2.67 bits per heavy atom. The van der Waals surface area contributed by atoms with Crippen LogP contribution in [0.1, 0.15) is 30.3 Å². The number of methoxy groups -OCH3 is 2. The zero-order chi connectivity index (χ0) is 15.7. The van der Waals surface area contributed by atoms with Gasteiger partial charge in [-0.1, -0.05) is 6.92 Å². The molecule has 0 bridgehead atoms. The first-order chi connectivity index (χ1) is 10.1. The Bertz CT molecular complexity index is 456. The van der Waals surface area contributed by atoms with Crippen molar-refractivity contribution in [2.75, 3.05) is 33.9 Å². The van der Waals surface area contributed by atoms with E-state index >= 15 is 0 Å². The largest absolute Gasteiger partial charge is 0.469 e. The first-order valence-electron chi connectivity index (χ1n) is 7.14. The summed E-state index contributed by atoms with van der Waals surface area (Å²) in [5, 5.41) is 0. The van der Waals surface area contributed by atoms with E-state index < -0.39 is 0 Å². The lowest BCUT2D eigenvalue weighted by Crippen LogP contribution is -2.36. The number of carbonyl (C=O) groups is 2. The monoisotopic (exact) mass is 296 g/mol. The normalized spacial score (nSPS) is 10.4. The molecule has 0 spiro atoms. The van der Waals surface area contributed by atoms with Crippen LogP contribution in [-0.2, 0) is 20.8 Å². The van der Waals surface area contributed by atoms with E-state index in [0.717, 1.165) is 13.0 Å². The number of aromatic nitrogens is 1. The van der Waals surface area contributed by atoms with Gasteiger partial charge in [-0.3, -0.25) is 9.59 Å². The second-order valence-corrected chi connectivity index (χ2v) is 4.70.